The summed E-state index contributed by atoms with van der Waals surface area (Å²) in [4.78, 5) is 0. The van der Waals surface area contributed by atoms with Crippen LogP contribution in [-0.4, -0.2) is 9.78 Å². The molecule has 19 heavy (non-hydrogen) atoms. The van der Waals surface area contributed by atoms with Crippen LogP contribution in [0.2, 0.25) is 0 Å². The molecule has 0 saturated heterocycles. The molecule has 0 spiro atoms. The summed E-state index contributed by atoms with van der Waals surface area (Å²) in [6, 6.07) is 6.80. The summed E-state index contributed by atoms with van der Waals surface area (Å²) in [7, 11) is 0. The van der Waals surface area contributed by atoms with E-state index >= 15 is 0 Å². The van der Waals surface area contributed by atoms with Gasteiger partial charge in [-0.25, -0.2) is 0 Å². The van der Waals surface area contributed by atoms with Gasteiger partial charge in [0.2, 0.25) is 0 Å². The van der Waals surface area contributed by atoms with Crippen LogP contribution in [-0.2, 0) is 6.42 Å². The molecule has 0 unspecified atom stereocenters. The minimum Gasteiger partial charge on any atom is -0.398 e. The molecule has 0 amide bonds. The largest absolute Gasteiger partial charge is 0.398 e. The van der Waals surface area contributed by atoms with Gasteiger partial charge in [-0.3, -0.25) is 4.68 Å². The number of anilines is 1. The van der Waals surface area contributed by atoms with Crippen molar-refractivity contribution in [2.45, 2.75) is 38.6 Å². The van der Waals surface area contributed by atoms with E-state index in [0.717, 1.165) is 27.8 Å². The molecule has 0 atom stereocenters. The van der Waals surface area contributed by atoms with E-state index in [1.54, 1.807) is 0 Å². The van der Waals surface area contributed by atoms with Gasteiger partial charge >= 0.3 is 0 Å². The third kappa shape index (κ3) is 2.18. The van der Waals surface area contributed by atoms with E-state index in [0.29, 0.717) is 6.04 Å². The van der Waals surface area contributed by atoms with Gasteiger partial charge in [0, 0.05) is 21.9 Å². The molecule has 3 rings (SSSR count). The van der Waals surface area contributed by atoms with Crippen LogP contribution in [0.5, 0.6) is 0 Å². The second kappa shape index (κ2) is 5.00. The maximum absolute atomic E-state index is 6.22. The predicted molar refractivity (Wildman–Crippen MR) is 82.0 cm³/mol. The van der Waals surface area contributed by atoms with E-state index in [1.165, 1.54) is 24.8 Å². The molecule has 0 radical (unpaired) electrons. The molecule has 2 N–H and O–H groups in total. The Balaban J connectivity index is 2.07. The third-order valence-corrected chi connectivity index (χ3v) is 4.70. The molecule has 1 aliphatic rings. The lowest BCUT2D eigenvalue weighted by Gasteiger charge is -2.27. The van der Waals surface area contributed by atoms with E-state index in [9.17, 15) is 0 Å². The fourth-order valence-electron chi connectivity index (χ4n) is 2.58. The molecule has 1 aromatic heterocycles. The quantitative estimate of drug-likeness (QED) is 0.862. The summed E-state index contributed by atoms with van der Waals surface area (Å²) >= 11 is 3.63. The lowest BCUT2D eigenvalue weighted by atomic mass is 9.92. The first-order valence-corrected chi connectivity index (χ1v) is 7.61. The third-order valence-electron chi connectivity index (χ3n) is 3.97. The Kier molecular flexibility index (Phi) is 3.35. The first-order chi connectivity index (χ1) is 9.20. The Labute approximate surface area is 121 Å². The molecule has 1 aromatic carbocycles. The first-order valence-electron chi connectivity index (χ1n) is 6.82. The van der Waals surface area contributed by atoms with Crippen molar-refractivity contribution in [2.24, 2.45) is 0 Å². The van der Waals surface area contributed by atoms with Crippen LogP contribution in [0.15, 0.2) is 28.9 Å². The van der Waals surface area contributed by atoms with Crippen LogP contribution in [0.4, 0.5) is 5.69 Å². The highest BCUT2D eigenvalue weighted by atomic mass is 79.9. The van der Waals surface area contributed by atoms with Gasteiger partial charge in [0.25, 0.3) is 0 Å². The van der Waals surface area contributed by atoms with Crippen molar-refractivity contribution in [1.29, 1.82) is 0 Å². The predicted octanol–water partition coefficient (Wildman–Crippen LogP) is 4.18. The second-order valence-electron chi connectivity index (χ2n) is 5.13. The van der Waals surface area contributed by atoms with Gasteiger partial charge in [-0.15, -0.1) is 0 Å². The number of aryl methyl sites for hydroxylation is 1. The zero-order valence-electron chi connectivity index (χ0n) is 11.1. The van der Waals surface area contributed by atoms with Crippen molar-refractivity contribution >= 4 is 21.6 Å². The molecule has 4 heteroatoms. The van der Waals surface area contributed by atoms with Crippen LogP contribution >= 0.6 is 15.9 Å². The van der Waals surface area contributed by atoms with Gasteiger partial charge in [-0.1, -0.05) is 22.9 Å². The van der Waals surface area contributed by atoms with Crippen LogP contribution in [0.3, 0.4) is 0 Å². The minimum absolute atomic E-state index is 0.550. The summed E-state index contributed by atoms with van der Waals surface area (Å²) in [5.74, 6) is 0. The summed E-state index contributed by atoms with van der Waals surface area (Å²) < 4.78 is 3.26. The van der Waals surface area contributed by atoms with E-state index in [-0.39, 0.29) is 0 Å². The van der Waals surface area contributed by atoms with E-state index < -0.39 is 0 Å². The maximum atomic E-state index is 6.22. The fourth-order valence-corrected chi connectivity index (χ4v) is 3.20. The van der Waals surface area contributed by atoms with Crippen molar-refractivity contribution in [3.63, 3.8) is 0 Å². The summed E-state index contributed by atoms with van der Waals surface area (Å²) in [5.41, 5.74) is 10.5. The van der Waals surface area contributed by atoms with E-state index in [2.05, 4.69) is 50.8 Å². The lowest BCUT2D eigenvalue weighted by molar-refractivity contribution is 0.292. The molecule has 0 bridgehead atoms. The molecule has 1 saturated carbocycles. The minimum atomic E-state index is 0.550. The molecule has 1 aliphatic carbocycles. The number of hydrogen-bond acceptors (Lipinski definition) is 2. The Bertz CT molecular complexity index is 599. The average Bonchev–Trinajstić information content (AvgIpc) is 2.78. The number of halogens is 1. The number of nitrogens with zero attached hydrogens (tertiary/aromatic N) is 2. The number of hydrogen-bond donors (Lipinski definition) is 1. The number of aromatic nitrogens is 2. The molecule has 100 valence electrons. The summed E-state index contributed by atoms with van der Waals surface area (Å²) in [5, 5.41) is 4.47. The smallest absolute Gasteiger partial charge is 0.0706 e. The summed E-state index contributed by atoms with van der Waals surface area (Å²) in [6.45, 7) is 2.14. The Morgan fingerprint density at radius 3 is 2.84 bits per heavy atom. The van der Waals surface area contributed by atoms with Crippen LogP contribution in [0, 0.1) is 0 Å². The van der Waals surface area contributed by atoms with E-state index in [1.807, 2.05) is 6.20 Å². The maximum Gasteiger partial charge on any atom is 0.0706 e. The molecular formula is C15H18BrN3. The second-order valence-corrected chi connectivity index (χ2v) is 5.98. The molecule has 2 aromatic rings. The van der Waals surface area contributed by atoms with Crippen molar-refractivity contribution in [2.75, 3.05) is 5.73 Å². The molecule has 1 heterocycles. The van der Waals surface area contributed by atoms with E-state index in [4.69, 9.17) is 5.73 Å². The Hall–Kier alpha value is -1.29. The number of rotatable bonds is 3. The van der Waals surface area contributed by atoms with Gasteiger partial charge in [0.05, 0.1) is 11.7 Å². The normalized spacial score (nSPS) is 15.5. The lowest BCUT2D eigenvalue weighted by Crippen LogP contribution is -2.19. The first kappa shape index (κ1) is 12.7. The highest BCUT2D eigenvalue weighted by Gasteiger charge is 2.23. The highest BCUT2D eigenvalue weighted by Crippen LogP contribution is 2.37. The summed E-state index contributed by atoms with van der Waals surface area (Å²) in [6.07, 6.45) is 6.60. The van der Waals surface area contributed by atoms with Gasteiger partial charge < -0.3 is 5.73 Å². The Morgan fingerprint density at radius 2 is 2.21 bits per heavy atom. The van der Waals surface area contributed by atoms with Crippen LogP contribution in [0.25, 0.3) is 11.3 Å². The topological polar surface area (TPSA) is 43.8 Å². The molecule has 0 aliphatic heterocycles. The fraction of sp³-hybridized carbons (Fsp3) is 0.400. The zero-order valence-corrected chi connectivity index (χ0v) is 12.7. The van der Waals surface area contributed by atoms with Gasteiger partial charge in [0.1, 0.15) is 0 Å². The number of nitrogens with two attached hydrogens (primary N) is 1. The van der Waals surface area contributed by atoms with Gasteiger partial charge in [-0.05, 0) is 49.4 Å². The standard InChI is InChI=1S/C15H18BrN3/c1-2-10-8-14(17)12(9-13(10)16)15-6-7-18-19(15)11-4-3-5-11/h6-9,11H,2-5,17H2,1H3. The molecule has 3 nitrogen and oxygen atoms in total. The van der Waals surface area contributed by atoms with Gasteiger partial charge in [0.15, 0.2) is 0 Å². The van der Waals surface area contributed by atoms with Crippen molar-refractivity contribution < 1.29 is 0 Å². The molecular weight excluding hydrogens is 302 g/mol. The zero-order chi connectivity index (χ0) is 13.4. The van der Waals surface area contributed by atoms with Crippen molar-refractivity contribution in [3.8, 4) is 11.3 Å². The van der Waals surface area contributed by atoms with Crippen molar-refractivity contribution in [1.82, 2.24) is 9.78 Å². The Morgan fingerprint density at radius 1 is 1.42 bits per heavy atom. The monoisotopic (exact) mass is 319 g/mol. The van der Waals surface area contributed by atoms with Gasteiger partial charge in [-0.2, -0.15) is 5.10 Å². The molecule has 1 fully saturated rings. The van der Waals surface area contributed by atoms with Crippen molar-refractivity contribution in [3.05, 3.63) is 34.4 Å². The SMILES string of the molecule is CCc1cc(N)c(-c2ccnn2C2CCC2)cc1Br. The number of benzene rings is 1. The number of nitrogen functional groups attached to an aromatic ring is 1. The van der Waals surface area contributed by atoms with Crippen LogP contribution < -0.4 is 5.73 Å². The highest BCUT2D eigenvalue weighted by molar-refractivity contribution is 9.10. The van der Waals surface area contributed by atoms with Crippen LogP contribution in [0.1, 0.15) is 37.8 Å². The average molecular weight is 320 g/mol.